The molecular formula is C60H66BClN2S. The molecule has 65 heavy (non-hydrogen) atoms. The predicted molar refractivity (Wildman–Crippen MR) is 289 cm³/mol. The molecule has 9 rings (SSSR count). The van der Waals surface area contributed by atoms with Gasteiger partial charge in [0.2, 0.25) is 0 Å². The number of anilines is 6. The molecule has 0 saturated carbocycles. The van der Waals surface area contributed by atoms with E-state index >= 15 is 0 Å². The van der Waals surface area contributed by atoms with Crippen LogP contribution in [0.2, 0.25) is 5.02 Å². The lowest BCUT2D eigenvalue weighted by molar-refractivity contribution is 0.590. The summed E-state index contributed by atoms with van der Waals surface area (Å²) >= 11 is 7.44. The molecule has 2 aliphatic heterocycles. The summed E-state index contributed by atoms with van der Waals surface area (Å²) in [5.41, 5.74) is 19.4. The first-order chi connectivity index (χ1) is 30.4. The fourth-order valence-corrected chi connectivity index (χ4v) is 11.1. The van der Waals surface area contributed by atoms with Crippen molar-refractivity contribution >= 4 is 78.9 Å². The molecule has 0 N–H and O–H groups in total. The fourth-order valence-electron chi connectivity index (χ4n) is 9.97. The first-order valence-corrected chi connectivity index (χ1v) is 26.5. The van der Waals surface area contributed by atoms with E-state index in [2.05, 4.69) is 250 Å². The molecule has 0 bridgehead atoms. The Morgan fingerprint density at radius 1 is 0.431 bits per heavy atom. The monoisotopic (exact) mass is 892 g/mol. The molecule has 7 aromatic rings. The van der Waals surface area contributed by atoms with Crippen LogP contribution in [0.25, 0.3) is 11.1 Å². The van der Waals surface area contributed by atoms with E-state index in [9.17, 15) is 0 Å². The molecule has 0 fully saturated rings. The highest BCUT2D eigenvalue weighted by Crippen LogP contribution is 2.50. The van der Waals surface area contributed by atoms with Crippen molar-refractivity contribution in [2.75, 3.05) is 28.6 Å². The predicted octanol–water partition coefficient (Wildman–Crippen LogP) is 15.4. The average Bonchev–Trinajstić information content (AvgIpc) is 3.25. The Bertz CT molecular complexity index is 2940. The lowest BCUT2D eigenvalue weighted by Crippen LogP contribution is -2.61. The Hall–Kier alpha value is -5.16. The van der Waals surface area contributed by atoms with Gasteiger partial charge in [0, 0.05) is 44.4 Å². The van der Waals surface area contributed by atoms with Crippen LogP contribution >= 0.6 is 21.6 Å². The highest BCUT2D eigenvalue weighted by atomic mass is 35.5. The Balaban J connectivity index is 1.37. The zero-order valence-electron chi connectivity index (χ0n) is 41.1. The largest absolute Gasteiger partial charge is 0.311 e. The highest BCUT2D eigenvalue weighted by Gasteiger charge is 2.45. The molecule has 332 valence electrons. The van der Waals surface area contributed by atoms with Crippen LogP contribution in [-0.4, -0.2) is 25.5 Å². The van der Waals surface area contributed by atoms with E-state index in [4.69, 9.17) is 11.6 Å². The number of halogens is 1. The van der Waals surface area contributed by atoms with E-state index in [1.54, 1.807) is 0 Å². The van der Waals surface area contributed by atoms with Crippen LogP contribution in [-0.2, 0) is 21.7 Å². The number of nitrogens with zero attached hydrogens (tertiary/aromatic N) is 2. The molecule has 0 saturated heterocycles. The van der Waals surface area contributed by atoms with E-state index in [1.165, 1.54) is 71.6 Å². The lowest BCUT2D eigenvalue weighted by atomic mass is 9.33. The van der Waals surface area contributed by atoms with E-state index in [-0.39, 0.29) is 28.4 Å². The molecule has 2 heterocycles. The zero-order valence-corrected chi connectivity index (χ0v) is 42.7. The summed E-state index contributed by atoms with van der Waals surface area (Å²) in [4.78, 5) is 6.44. The maximum absolute atomic E-state index is 7.44. The second kappa shape index (κ2) is 15.7. The standard InChI is InChI=1S/C60H66BClN2S/c1-57(2,3)40-20-27-46(28-21-40)63-52-32-25-43(59(7,8)9)35-49(52)61-50-36-44(60(10,11)41-22-29-47(30-23-41)65(12,13)14)26-33-53(50)64(55-38-45(62)37-54(63)56(55)61)51-31-24-42(58(4,5)6)34-48(51)39-18-16-15-17-19-39/h15-38H,1-14H3. The van der Waals surface area contributed by atoms with Crippen LogP contribution < -0.4 is 26.2 Å². The molecule has 0 radical (unpaired) electrons. The van der Waals surface area contributed by atoms with Crippen molar-refractivity contribution < 1.29 is 0 Å². The van der Waals surface area contributed by atoms with Crippen LogP contribution in [0.15, 0.2) is 150 Å². The van der Waals surface area contributed by atoms with Gasteiger partial charge in [-0.1, -0.05) is 173 Å². The molecule has 0 aliphatic carbocycles. The van der Waals surface area contributed by atoms with Crippen LogP contribution in [0.4, 0.5) is 34.1 Å². The van der Waals surface area contributed by atoms with Crippen molar-refractivity contribution in [1.29, 1.82) is 0 Å². The molecule has 7 aromatic carbocycles. The van der Waals surface area contributed by atoms with Gasteiger partial charge in [-0.2, -0.15) is 0 Å². The molecule has 5 heteroatoms. The molecule has 0 aromatic heterocycles. The second-order valence-electron chi connectivity index (χ2n) is 22.9. The minimum atomic E-state index is -0.844. The van der Waals surface area contributed by atoms with Gasteiger partial charge in [-0.25, -0.2) is 10.0 Å². The van der Waals surface area contributed by atoms with Crippen LogP contribution in [0, 0.1) is 0 Å². The van der Waals surface area contributed by atoms with Crippen LogP contribution in [0.3, 0.4) is 0 Å². The van der Waals surface area contributed by atoms with Gasteiger partial charge in [0.1, 0.15) is 0 Å². The third-order valence-electron chi connectivity index (χ3n) is 14.1. The van der Waals surface area contributed by atoms with Gasteiger partial charge < -0.3 is 9.80 Å². The van der Waals surface area contributed by atoms with Gasteiger partial charge in [0.15, 0.2) is 0 Å². The fraction of sp³-hybridized carbons (Fsp3) is 0.300. The van der Waals surface area contributed by atoms with Gasteiger partial charge >= 0.3 is 0 Å². The van der Waals surface area contributed by atoms with Gasteiger partial charge in [0.05, 0.1) is 5.69 Å². The zero-order chi connectivity index (χ0) is 46.6. The summed E-state index contributed by atoms with van der Waals surface area (Å²) in [5.74, 6) is 0. The number of rotatable bonds is 6. The minimum absolute atomic E-state index is 0.0324. The van der Waals surface area contributed by atoms with E-state index in [0.717, 1.165) is 22.7 Å². The van der Waals surface area contributed by atoms with Crippen molar-refractivity contribution in [2.24, 2.45) is 0 Å². The van der Waals surface area contributed by atoms with Crippen molar-refractivity contribution in [3.05, 3.63) is 178 Å². The summed E-state index contributed by atoms with van der Waals surface area (Å²) < 4.78 is 0. The Kier molecular flexibility index (Phi) is 10.9. The number of benzene rings is 7. The number of hydrogen-bond donors (Lipinski definition) is 0. The number of fused-ring (bicyclic) bond motifs is 4. The topological polar surface area (TPSA) is 6.48 Å². The minimum Gasteiger partial charge on any atom is -0.311 e. The van der Waals surface area contributed by atoms with E-state index in [0.29, 0.717) is 5.02 Å². The highest BCUT2D eigenvalue weighted by molar-refractivity contribution is 8.32. The first-order valence-electron chi connectivity index (χ1n) is 23.2. The average molecular weight is 894 g/mol. The van der Waals surface area contributed by atoms with Gasteiger partial charge in [-0.05, 0) is 150 Å². The van der Waals surface area contributed by atoms with E-state index < -0.39 is 10.0 Å². The molecule has 0 amide bonds. The molecule has 0 unspecified atom stereocenters. The van der Waals surface area contributed by atoms with E-state index in [1.807, 2.05) is 0 Å². The van der Waals surface area contributed by atoms with Crippen LogP contribution in [0.1, 0.15) is 104 Å². The third kappa shape index (κ3) is 8.03. The second-order valence-corrected chi connectivity index (χ2v) is 27.5. The van der Waals surface area contributed by atoms with Crippen molar-refractivity contribution in [1.82, 2.24) is 0 Å². The SMILES string of the molecule is CC(C)(C)c1ccc(N2c3ccc(C(C)(C)C)cc3B3c4cc(C(C)(C)c5ccc(S(C)(C)C)cc5)ccc4N(c4ccc(C(C)(C)C)cc4-c4ccccc4)c4cc(Cl)cc2c43)cc1. The molecule has 2 nitrogen and oxygen atoms in total. The molecule has 2 aliphatic rings. The molecule has 0 spiro atoms. The van der Waals surface area contributed by atoms with Gasteiger partial charge in [-0.15, -0.1) is 0 Å². The Labute approximate surface area is 397 Å². The lowest BCUT2D eigenvalue weighted by Gasteiger charge is -2.45. The van der Waals surface area contributed by atoms with Crippen LogP contribution in [0.5, 0.6) is 0 Å². The Morgan fingerprint density at radius 2 is 0.892 bits per heavy atom. The third-order valence-corrected chi connectivity index (χ3v) is 16.0. The molecular weight excluding hydrogens is 827 g/mol. The normalized spacial score (nSPS) is 14.2. The molecule has 0 atom stereocenters. The van der Waals surface area contributed by atoms with Gasteiger partial charge in [-0.3, -0.25) is 0 Å². The van der Waals surface area contributed by atoms with Gasteiger partial charge in [0.25, 0.3) is 6.71 Å². The van der Waals surface area contributed by atoms with Crippen molar-refractivity contribution in [3.63, 3.8) is 0 Å². The summed E-state index contributed by atoms with van der Waals surface area (Å²) in [6, 6.07) is 55.7. The van der Waals surface area contributed by atoms with Crippen molar-refractivity contribution in [3.8, 4) is 11.1 Å². The Morgan fingerprint density at radius 3 is 1.45 bits per heavy atom. The van der Waals surface area contributed by atoms with Crippen molar-refractivity contribution in [2.45, 2.75) is 103 Å². The first kappa shape index (κ1) is 45.0. The maximum Gasteiger partial charge on any atom is 0.252 e. The maximum atomic E-state index is 7.44. The summed E-state index contributed by atoms with van der Waals surface area (Å²) in [6.07, 6.45) is 7.12. The summed E-state index contributed by atoms with van der Waals surface area (Å²) in [6.45, 7) is 25.5. The quantitative estimate of drug-likeness (QED) is 0.154. The number of hydrogen-bond acceptors (Lipinski definition) is 2. The summed E-state index contributed by atoms with van der Waals surface area (Å²) in [5, 5.41) is 0.711. The summed E-state index contributed by atoms with van der Waals surface area (Å²) in [7, 11) is -0.844. The smallest absolute Gasteiger partial charge is 0.252 e.